The molecule has 0 saturated carbocycles. The van der Waals surface area contributed by atoms with Gasteiger partial charge in [-0.2, -0.15) is 0 Å². The lowest BCUT2D eigenvalue weighted by molar-refractivity contribution is 0.0949. The fraction of sp³-hybridized carbons (Fsp3) is 0.0588. The molecule has 0 aliphatic rings. The number of amides is 1. The van der Waals surface area contributed by atoms with E-state index in [1.807, 2.05) is 35.7 Å². The van der Waals surface area contributed by atoms with E-state index >= 15 is 0 Å². The van der Waals surface area contributed by atoms with Gasteiger partial charge >= 0.3 is 0 Å². The summed E-state index contributed by atoms with van der Waals surface area (Å²) in [5, 5.41) is 5.57. The van der Waals surface area contributed by atoms with Crippen LogP contribution in [0.3, 0.4) is 0 Å². The number of carbonyl (C=O) groups is 1. The van der Waals surface area contributed by atoms with Crippen LogP contribution in [0.15, 0.2) is 58.4 Å². The highest BCUT2D eigenvalue weighted by atomic mass is 79.9. The van der Waals surface area contributed by atoms with Crippen molar-refractivity contribution in [3.05, 3.63) is 75.5 Å². The number of hydrogen-bond acceptors (Lipinski definition) is 3. The van der Waals surface area contributed by atoms with Crippen molar-refractivity contribution >= 4 is 33.2 Å². The SMILES string of the molecule is O=C(NCc1csc(-c2ccccc2)n1)c1cc(F)ccc1Br. The highest BCUT2D eigenvalue weighted by Gasteiger charge is 2.12. The third-order valence-electron chi connectivity index (χ3n) is 3.18. The van der Waals surface area contributed by atoms with E-state index in [0.29, 0.717) is 11.0 Å². The molecule has 2 aromatic carbocycles. The largest absolute Gasteiger partial charge is 0.346 e. The van der Waals surface area contributed by atoms with Crippen LogP contribution in [-0.2, 0) is 6.54 Å². The summed E-state index contributed by atoms with van der Waals surface area (Å²) in [4.78, 5) is 16.6. The minimum absolute atomic E-state index is 0.267. The topological polar surface area (TPSA) is 42.0 Å². The second-order valence-corrected chi connectivity index (χ2v) is 6.53. The lowest BCUT2D eigenvalue weighted by atomic mass is 10.2. The first-order chi connectivity index (χ1) is 11.1. The Balaban J connectivity index is 1.68. The smallest absolute Gasteiger partial charge is 0.252 e. The van der Waals surface area contributed by atoms with E-state index in [1.165, 1.54) is 29.5 Å². The Morgan fingerprint density at radius 1 is 1.22 bits per heavy atom. The van der Waals surface area contributed by atoms with Crippen molar-refractivity contribution in [2.45, 2.75) is 6.54 Å². The number of rotatable bonds is 4. The van der Waals surface area contributed by atoms with E-state index in [9.17, 15) is 9.18 Å². The molecular formula is C17H12BrFN2OS. The van der Waals surface area contributed by atoms with E-state index in [2.05, 4.69) is 26.2 Å². The highest BCUT2D eigenvalue weighted by molar-refractivity contribution is 9.10. The first-order valence-corrected chi connectivity index (χ1v) is 8.54. The molecule has 1 aromatic heterocycles. The molecule has 0 bridgehead atoms. The van der Waals surface area contributed by atoms with Crippen LogP contribution in [0.4, 0.5) is 4.39 Å². The van der Waals surface area contributed by atoms with Crippen LogP contribution < -0.4 is 5.32 Å². The van der Waals surface area contributed by atoms with Gasteiger partial charge in [-0.3, -0.25) is 4.79 Å². The Kier molecular flexibility index (Phi) is 4.83. The second kappa shape index (κ2) is 7.02. The van der Waals surface area contributed by atoms with Gasteiger partial charge in [0.2, 0.25) is 0 Å². The standard InChI is InChI=1S/C17H12BrFN2OS/c18-15-7-6-12(19)8-14(15)16(22)20-9-13-10-23-17(21-13)11-4-2-1-3-5-11/h1-8,10H,9H2,(H,20,22). The van der Waals surface area contributed by atoms with Gasteiger partial charge in [-0.1, -0.05) is 30.3 Å². The van der Waals surface area contributed by atoms with Gasteiger partial charge in [-0.05, 0) is 34.1 Å². The van der Waals surface area contributed by atoms with Gasteiger partial charge in [0.25, 0.3) is 5.91 Å². The van der Waals surface area contributed by atoms with Crippen molar-refractivity contribution in [3.8, 4) is 10.6 Å². The third kappa shape index (κ3) is 3.83. The Morgan fingerprint density at radius 3 is 2.78 bits per heavy atom. The van der Waals surface area contributed by atoms with Gasteiger partial charge in [0, 0.05) is 15.4 Å². The molecule has 23 heavy (non-hydrogen) atoms. The minimum Gasteiger partial charge on any atom is -0.346 e. The first-order valence-electron chi connectivity index (χ1n) is 6.86. The molecular weight excluding hydrogens is 379 g/mol. The number of benzene rings is 2. The summed E-state index contributed by atoms with van der Waals surface area (Å²) in [6, 6.07) is 13.9. The van der Waals surface area contributed by atoms with Crippen molar-refractivity contribution in [1.29, 1.82) is 0 Å². The number of nitrogens with zero attached hydrogens (tertiary/aromatic N) is 1. The Morgan fingerprint density at radius 2 is 2.00 bits per heavy atom. The number of aromatic nitrogens is 1. The predicted octanol–water partition coefficient (Wildman–Crippen LogP) is 4.64. The lowest BCUT2D eigenvalue weighted by Gasteiger charge is -2.05. The van der Waals surface area contributed by atoms with Crippen LogP contribution in [0.25, 0.3) is 10.6 Å². The average Bonchev–Trinajstić information content (AvgIpc) is 3.05. The molecule has 0 spiro atoms. The molecule has 0 radical (unpaired) electrons. The molecule has 3 aromatic rings. The van der Waals surface area contributed by atoms with Crippen molar-refractivity contribution in [2.24, 2.45) is 0 Å². The number of halogens is 2. The van der Waals surface area contributed by atoms with E-state index in [-0.39, 0.29) is 11.5 Å². The molecule has 0 fully saturated rings. The fourth-order valence-corrected chi connectivity index (χ4v) is 3.29. The molecule has 1 amide bonds. The Hall–Kier alpha value is -2.05. The number of nitrogens with one attached hydrogen (secondary N) is 1. The third-order valence-corrected chi connectivity index (χ3v) is 4.81. The average molecular weight is 391 g/mol. The van der Waals surface area contributed by atoms with Gasteiger partial charge < -0.3 is 5.32 Å². The van der Waals surface area contributed by atoms with Crippen molar-refractivity contribution in [3.63, 3.8) is 0 Å². The summed E-state index contributed by atoms with van der Waals surface area (Å²) in [5.74, 6) is -0.788. The second-order valence-electron chi connectivity index (χ2n) is 4.82. The molecule has 3 nitrogen and oxygen atoms in total. The molecule has 6 heteroatoms. The zero-order valence-electron chi connectivity index (χ0n) is 11.9. The Bertz CT molecular complexity index is 836. The molecule has 116 valence electrons. The molecule has 0 unspecified atom stereocenters. The predicted molar refractivity (Wildman–Crippen MR) is 92.8 cm³/mol. The van der Waals surface area contributed by atoms with Gasteiger partial charge in [-0.15, -0.1) is 11.3 Å². The number of hydrogen-bond donors (Lipinski definition) is 1. The van der Waals surface area contributed by atoms with Gasteiger partial charge in [0.1, 0.15) is 10.8 Å². The number of thiazole rings is 1. The van der Waals surface area contributed by atoms with Crippen molar-refractivity contribution in [1.82, 2.24) is 10.3 Å². The van der Waals surface area contributed by atoms with Gasteiger partial charge in [0.05, 0.1) is 17.8 Å². The minimum atomic E-state index is -0.446. The van der Waals surface area contributed by atoms with Crippen molar-refractivity contribution in [2.75, 3.05) is 0 Å². The molecule has 0 saturated heterocycles. The summed E-state index contributed by atoms with van der Waals surface area (Å²) in [6.07, 6.45) is 0. The summed E-state index contributed by atoms with van der Waals surface area (Å²) < 4.78 is 13.8. The molecule has 1 N–H and O–H groups in total. The quantitative estimate of drug-likeness (QED) is 0.704. The summed E-state index contributed by atoms with van der Waals surface area (Å²) in [6.45, 7) is 0.297. The summed E-state index contributed by atoms with van der Waals surface area (Å²) in [7, 11) is 0. The van der Waals surface area contributed by atoms with Crippen molar-refractivity contribution < 1.29 is 9.18 Å². The van der Waals surface area contributed by atoms with Crippen LogP contribution in [0, 0.1) is 5.82 Å². The van der Waals surface area contributed by atoms with Crippen LogP contribution >= 0.6 is 27.3 Å². The molecule has 0 atom stereocenters. The maximum Gasteiger partial charge on any atom is 0.252 e. The first kappa shape index (κ1) is 15.8. The maximum atomic E-state index is 13.3. The van der Waals surface area contributed by atoms with Crippen LogP contribution in [0.1, 0.15) is 16.1 Å². The fourth-order valence-electron chi connectivity index (χ4n) is 2.04. The highest BCUT2D eigenvalue weighted by Crippen LogP contribution is 2.23. The van der Waals surface area contributed by atoms with E-state index in [4.69, 9.17) is 0 Å². The van der Waals surface area contributed by atoms with E-state index < -0.39 is 5.82 Å². The van der Waals surface area contributed by atoms with Crippen LogP contribution in [-0.4, -0.2) is 10.9 Å². The Labute approximate surface area is 145 Å². The zero-order chi connectivity index (χ0) is 16.2. The molecule has 1 heterocycles. The van der Waals surface area contributed by atoms with E-state index in [1.54, 1.807) is 0 Å². The summed E-state index contributed by atoms with van der Waals surface area (Å²) >= 11 is 4.77. The number of carbonyl (C=O) groups excluding carboxylic acids is 1. The molecule has 0 aliphatic carbocycles. The normalized spacial score (nSPS) is 10.5. The summed E-state index contributed by atoms with van der Waals surface area (Å²) in [5.41, 5.74) is 2.08. The monoisotopic (exact) mass is 390 g/mol. The lowest BCUT2D eigenvalue weighted by Crippen LogP contribution is -2.23. The zero-order valence-corrected chi connectivity index (χ0v) is 14.3. The molecule has 3 rings (SSSR count). The van der Waals surface area contributed by atoms with Crippen LogP contribution in [0.5, 0.6) is 0 Å². The van der Waals surface area contributed by atoms with Crippen LogP contribution in [0.2, 0.25) is 0 Å². The van der Waals surface area contributed by atoms with Gasteiger partial charge in [0.15, 0.2) is 0 Å². The molecule has 0 aliphatic heterocycles. The van der Waals surface area contributed by atoms with Gasteiger partial charge in [-0.25, -0.2) is 9.37 Å². The maximum absolute atomic E-state index is 13.3. The van der Waals surface area contributed by atoms with E-state index in [0.717, 1.165) is 16.3 Å².